The van der Waals surface area contributed by atoms with Crippen LogP contribution in [-0.2, 0) is 5.41 Å². The summed E-state index contributed by atoms with van der Waals surface area (Å²) < 4.78 is 6.51. The largest absolute Gasteiger partial charge is 0.456 e. The Bertz CT molecular complexity index is 2930. The van der Waals surface area contributed by atoms with Crippen molar-refractivity contribution in [1.29, 1.82) is 0 Å². The van der Waals surface area contributed by atoms with Gasteiger partial charge in [0.1, 0.15) is 11.2 Å². The number of fused-ring (bicyclic) bond motifs is 14. The molecule has 2 nitrogen and oxygen atoms in total. The van der Waals surface area contributed by atoms with Crippen LogP contribution < -0.4 is 4.90 Å². The molecule has 1 heterocycles. The average Bonchev–Trinajstić information content (AvgIpc) is 3.68. The second kappa shape index (κ2) is 11.2. The summed E-state index contributed by atoms with van der Waals surface area (Å²) in [5.74, 6) is 0. The van der Waals surface area contributed by atoms with Gasteiger partial charge >= 0.3 is 0 Å². The van der Waals surface area contributed by atoms with E-state index in [2.05, 4.69) is 189 Å². The number of hydrogen-bond acceptors (Lipinski definition) is 2. The SMILES string of the molecule is CC1(C)c2ccccc2-c2ccc(N(c3ccccc3)c3cccc4c3-c3ccccc3-c3cc5oc6ccccc6c5cc3-c3ccccc3-4)cc21. The summed E-state index contributed by atoms with van der Waals surface area (Å²) in [5, 5.41) is 2.28. The lowest BCUT2D eigenvalue weighted by Crippen LogP contribution is -2.17. The fourth-order valence-electron chi connectivity index (χ4n) is 9.18. The Morgan fingerprint density at radius 3 is 1.79 bits per heavy atom. The number of benzene rings is 8. The second-order valence-electron chi connectivity index (χ2n) is 14.9. The number of anilines is 3. The quantitative estimate of drug-likeness (QED) is 0.185. The van der Waals surface area contributed by atoms with Crippen LogP contribution in [0.1, 0.15) is 25.0 Å². The maximum atomic E-state index is 6.51. The van der Waals surface area contributed by atoms with Crippen LogP contribution in [0.3, 0.4) is 0 Å². The van der Waals surface area contributed by atoms with Crippen LogP contribution in [0, 0.1) is 0 Å². The van der Waals surface area contributed by atoms with Crippen molar-refractivity contribution < 1.29 is 4.42 Å². The third kappa shape index (κ3) is 4.33. The molecular formula is C51H35NO. The average molecular weight is 678 g/mol. The molecule has 0 fully saturated rings. The number of para-hydroxylation sites is 2. The molecule has 0 saturated carbocycles. The van der Waals surface area contributed by atoms with Crippen LogP contribution in [0.15, 0.2) is 180 Å². The molecule has 0 amide bonds. The Kier molecular flexibility index (Phi) is 6.33. The van der Waals surface area contributed by atoms with E-state index in [1.165, 1.54) is 66.8 Å². The molecule has 0 radical (unpaired) electrons. The predicted molar refractivity (Wildman–Crippen MR) is 221 cm³/mol. The van der Waals surface area contributed by atoms with Crippen molar-refractivity contribution in [2.24, 2.45) is 0 Å². The van der Waals surface area contributed by atoms with Gasteiger partial charge in [0.05, 0.1) is 5.69 Å². The van der Waals surface area contributed by atoms with E-state index in [0.717, 1.165) is 39.0 Å². The molecule has 1 aromatic heterocycles. The molecule has 250 valence electrons. The number of nitrogens with zero attached hydrogens (tertiary/aromatic N) is 1. The minimum atomic E-state index is -0.118. The van der Waals surface area contributed by atoms with Crippen LogP contribution >= 0.6 is 0 Å². The van der Waals surface area contributed by atoms with Crippen LogP contribution in [0.2, 0.25) is 0 Å². The molecule has 0 bridgehead atoms. The molecule has 0 spiro atoms. The van der Waals surface area contributed by atoms with Gasteiger partial charge in [0.15, 0.2) is 0 Å². The monoisotopic (exact) mass is 677 g/mol. The van der Waals surface area contributed by atoms with E-state index in [9.17, 15) is 0 Å². The molecule has 2 heteroatoms. The lowest BCUT2D eigenvalue weighted by Gasteiger charge is -2.32. The van der Waals surface area contributed by atoms with Crippen molar-refractivity contribution in [3.63, 3.8) is 0 Å². The number of rotatable bonds is 3. The molecule has 0 N–H and O–H groups in total. The fourth-order valence-corrected chi connectivity index (χ4v) is 9.18. The van der Waals surface area contributed by atoms with Gasteiger partial charge in [-0.1, -0.05) is 141 Å². The Morgan fingerprint density at radius 2 is 0.981 bits per heavy atom. The zero-order valence-corrected chi connectivity index (χ0v) is 29.6. The van der Waals surface area contributed by atoms with Gasteiger partial charge in [-0.15, -0.1) is 0 Å². The summed E-state index contributed by atoms with van der Waals surface area (Å²) in [6.45, 7) is 4.71. The van der Waals surface area contributed by atoms with Gasteiger partial charge < -0.3 is 9.32 Å². The van der Waals surface area contributed by atoms with E-state index in [0.29, 0.717) is 0 Å². The first-order valence-electron chi connectivity index (χ1n) is 18.4. The van der Waals surface area contributed by atoms with Crippen molar-refractivity contribution in [2.75, 3.05) is 4.90 Å². The second-order valence-corrected chi connectivity index (χ2v) is 14.9. The number of hydrogen-bond donors (Lipinski definition) is 0. The number of furan rings is 1. The highest BCUT2D eigenvalue weighted by molar-refractivity contribution is 6.13. The molecule has 53 heavy (non-hydrogen) atoms. The summed E-state index contributed by atoms with van der Waals surface area (Å²) >= 11 is 0. The van der Waals surface area contributed by atoms with Gasteiger partial charge in [-0.05, 0) is 110 Å². The van der Waals surface area contributed by atoms with Crippen molar-refractivity contribution in [2.45, 2.75) is 19.3 Å². The Balaban J connectivity index is 1.21. The maximum absolute atomic E-state index is 6.51. The third-order valence-electron chi connectivity index (χ3n) is 11.6. The van der Waals surface area contributed by atoms with E-state index < -0.39 is 0 Å². The van der Waals surface area contributed by atoms with Crippen LogP contribution in [-0.4, -0.2) is 0 Å². The van der Waals surface area contributed by atoms with Gasteiger partial charge in [-0.25, -0.2) is 0 Å². The van der Waals surface area contributed by atoms with Crippen LogP contribution in [0.5, 0.6) is 0 Å². The molecule has 0 unspecified atom stereocenters. The molecule has 2 aliphatic carbocycles. The fraction of sp³-hybridized carbons (Fsp3) is 0.0588. The van der Waals surface area contributed by atoms with Crippen molar-refractivity contribution >= 4 is 39.0 Å². The van der Waals surface area contributed by atoms with Gasteiger partial charge in [-0.3, -0.25) is 0 Å². The van der Waals surface area contributed by atoms with Gasteiger partial charge in [0.2, 0.25) is 0 Å². The maximum Gasteiger partial charge on any atom is 0.136 e. The van der Waals surface area contributed by atoms with E-state index >= 15 is 0 Å². The van der Waals surface area contributed by atoms with Crippen molar-refractivity contribution in [3.8, 4) is 55.6 Å². The van der Waals surface area contributed by atoms with Gasteiger partial charge in [0, 0.05) is 33.1 Å². The lowest BCUT2D eigenvalue weighted by atomic mass is 9.79. The first-order valence-corrected chi connectivity index (χ1v) is 18.4. The molecule has 2 aliphatic rings. The summed E-state index contributed by atoms with van der Waals surface area (Å²) in [4.78, 5) is 2.46. The molecule has 0 atom stereocenters. The zero-order chi connectivity index (χ0) is 35.3. The highest BCUT2D eigenvalue weighted by Crippen LogP contribution is 2.55. The summed E-state index contributed by atoms with van der Waals surface area (Å²) in [6.07, 6.45) is 0. The lowest BCUT2D eigenvalue weighted by molar-refractivity contribution is 0.660. The highest BCUT2D eigenvalue weighted by Gasteiger charge is 2.36. The van der Waals surface area contributed by atoms with E-state index in [1.54, 1.807) is 0 Å². The highest BCUT2D eigenvalue weighted by atomic mass is 16.3. The zero-order valence-electron chi connectivity index (χ0n) is 29.6. The third-order valence-corrected chi connectivity index (χ3v) is 11.6. The first kappa shape index (κ1) is 30.0. The predicted octanol–water partition coefficient (Wildman–Crippen LogP) is 14.3. The topological polar surface area (TPSA) is 16.4 Å². The minimum absolute atomic E-state index is 0.118. The molecule has 9 aromatic rings. The Morgan fingerprint density at radius 1 is 0.377 bits per heavy atom. The molecule has 11 rings (SSSR count). The Labute approximate surface area is 309 Å². The summed E-state index contributed by atoms with van der Waals surface area (Å²) in [7, 11) is 0. The molecule has 0 saturated heterocycles. The standard InChI is InChI=1S/C51H35NO/c1-51(2)45-24-12-10-20-37(45)38-28-27-33(29-46(38)51)52(32-15-4-3-5-16-32)47-25-14-23-41-34-17-6-7-18-35(34)42-30-44-39-21-11-13-26-48(39)53-49(44)31-43(42)36-19-8-9-22-40(36)50(41)47/h3-31H,1-2H3. The normalized spacial score (nSPS) is 13.2. The molecular weight excluding hydrogens is 643 g/mol. The molecule has 8 aromatic carbocycles. The van der Waals surface area contributed by atoms with Gasteiger partial charge in [-0.2, -0.15) is 0 Å². The van der Waals surface area contributed by atoms with E-state index in [4.69, 9.17) is 4.42 Å². The van der Waals surface area contributed by atoms with Crippen LogP contribution in [0.25, 0.3) is 77.6 Å². The van der Waals surface area contributed by atoms with Crippen molar-refractivity contribution in [1.82, 2.24) is 0 Å². The van der Waals surface area contributed by atoms with E-state index in [1.807, 2.05) is 6.07 Å². The van der Waals surface area contributed by atoms with Gasteiger partial charge in [0.25, 0.3) is 0 Å². The summed E-state index contributed by atoms with van der Waals surface area (Å²) in [6, 6.07) is 64.4. The van der Waals surface area contributed by atoms with E-state index in [-0.39, 0.29) is 5.41 Å². The smallest absolute Gasteiger partial charge is 0.136 e. The molecule has 0 aliphatic heterocycles. The summed E-state index contributed by atoms with van der Waals surface area (Å²) in [5.41, 5.74) is 20.1. The van der Waals surface area contributed by atoms with Crippen LogP contribution in [0.4, 0.5) is 17.1 Å². The Hall–Kier alpha value is -6.64. The first-order chi connectivity index (χ1) is 26.1. The minimum Gasteiger partial charge on any atom is -0.456 e. The van der Waals surface area contributed by atoms with Crippen molar-refractivity contribution in [3.05, 3.63) is 187 Å².